The molecule has 1 fully saturated rings. The molecule has 1 aliphatic carbocycles. The minimum absolute atomic E-state index is 0.739. The molecule has 3 nitrogen and oxygen atoms in total. The first kappa shape index (κ1) is 11.2. The van der Waals surface area contributed by atoms with Gasteiger partial charge in [0.25, 0.3) is 0 Å². The highest BCUT2D eigenvalue weighted by atomic mass is 15.0. The Morgan fingerprint density at radius 1 is 1.28 bits per heavy atom. The molecule has 18 heavy (non-hydrogen) atoms. The molecule has 0 saturated heterocycles. The maximum Gasteiger partial charge on any atom is 0.122 e. The van der Waals surface area contributed by atoms with Gasteiger partial charge >= 0.3 is 0 Å². The van der Waals surface area contributed by atoms with Gasteiger partial charge in [0.05, 0.1) is 0 Å². The Morgan fingerprint density at radius 2 is 2.06 bits per heavy atom. The second-order valence-electron chi connectivity index (χ2n) is 5.06. The van der Waals surface area contributed by atoms with Gasteiger partial charge in [0.15, 0.2) is 0 Å². The van der Waals surface area contributed by atoms with E-state index in [1.54, 1.807) is 0 Å². The average molecular weight is 239 g/mol. The van der Waals surface area contributed by atoms with Crippen molar-refractivity contribution in [1.82, 2.24) is 4.98 Å². The maximum absolute atomic E-state index is 9.29. The topological polar surface area (TPSA) is 51.6 Å². The van der Waals surface area contributed by atoms with Crippen molar-refractivity contribution in [2.45, 2.75) is 25.7 Å². The van der Waals surface area contributed by atoms with Crippen LogP contribution in [0, 0.1) is 17.2 Å². The van der Waals surface area contributed by atoms with Gasteiger partial charge in [0, 0.05) is 17.4 Å². The first-order valence-corrected chi connectivity index (χ1v) is 6.63. The summed E-state index contributed by atoms with van der Waals surface area (Å²) in [7, 11) is 0. The number of anilines is 1. The van der Waals surface area contributed by atoms with E-state index in [0.717, 1.165) is 34.7 Å². The van der Waals surface area contributed by atoms with Crippen LogP contribution in [0.4, 0.5) is 5.82 Å². The quantitative estimate of drug-likeness (QED) is 0.859. The Morgan fingerprint density at radius 3 is 2.83 bits per heavy atom. The number of rotatable bonds is 3. The molecule has 0 unspecified atom stereocenters. The van der Waals surface area contributed by atoms with Crippen LogP contribution in [0.2, 0.25) is 0 Å². The van der Waals surface area contributed by atoms with E-state index >= 15 is 0 Å². The highest BCUT2D eigenvalue weighted by molar-refractivity contribution is 5.91. The second kappa shape index (κ2) is 4.73. The molecule has 1 heterocycles. The number of fused-ring (bicyclic) bond motifs is 1. The van der Waals surface area contributed by atoms with Gasteiger partial charge in [-0.05, 0) is 24.8 Å². The summed E-state index contributed by atoms with van der Waals surface area (Å²) in [6, 6.07) is 10.3. The Labute approximate surface area is 107 Å². The summed E-state index contributed by atoms with van der Waals surface area (Å²) in [6.07, 6.45) is 5.33. The van der Waals surface area contributed by atoms with Gasteiger partial charge in [-0.1, -0.05) is 31.0 Å². The Hall–Kier alpha value is -1.95. The van der Waals surface area contributed by atoms with E-state index < -0.39 is 0 Å². The number of aromatic amines is 1. The summed E-state index contributed by atoms with van der Waals surface area (Å²) in [5.74, 6) is 1.65. The van der Waals surface area contributed by atoms with Gasteiger partial charge in [-0.3, -0.25) is 0 Å². The van der Waals surface area contributed by atoms with Gasteiger partial charge in [0.1, 0.15) is 17.5 Å². The smallest absolute Gasteiger partial charge is 0.122 e. The van der Waals surface area contributed by atoms with E-state index in [0.29, 0.717) is 0 Å². The van der Waals surface area contributed by atoms with Crippen molar-refractivity contribution < 1.29 is 0 Å². The lowest BCUT2D eigenvalue weighted by Gasteiger charge is -2.10. The molecule has 3 heteroatoms. The zero-order chi connectivity index (χ0) is 12.4. The Balaban J connectivity index is 1.84. The fourth-order valence-electron chi connectivity index (χ4n) is 2.85. The monoisotopic (exact) mass is 239 g/mol. The van der Waals surface area contributed by atoms with E-state index in [-0.39, 0.29) is 0 Å². The molecule has 1 aliphatic rings. The number of H-pyrrole nitrogens is 1. The van der Waals surface area contributed by atoms with Crippen molar-refractivity contribution in [2.24, 2.45) is 5.92 Å². The molecule has 0 spiro atoms. The molecule has 0 atom stereocenters. The molecule has 0 radical (unpaired) electrons. The number of nitriles is 1. The van der Waals surface area contributed by atoms with Crippen molar-refractivity contribution >= 4 is 16.7 Å². The van der Waals surface area contributed by atoms with Crippen LogP contribution in [-0.4, -0.2) is 11.5 Å². The van der Waals surface area contributed by atoms with E-state index in [1.165, 1.54) is 25.7 Å². The predicted molar refractivity (Wildman–Crippen MR) is 73.5 cm³/mol. The molecule has 1 aromatic heterocycles. The van der Waals surface area contributed by atoms with Gasteiger partial charge in [0.2, 0.25) is 0 Å². The SMILES string of the molecule is N#Cc1c(NCC2CCCC2)[nH]c2ccccc12. The van der Waals surface area contributed by atoms with Crippen LogP contribution < -0.4 is 5.32 Å². The number of hydrogen-bond donors (Lipinski definition) is 2. The molecule has 3 rings (SSSR count). The molecule has 2 aromatic rings. The van der Waals surface area contributed by atoms with Gasteiger partial charge in [-0.25, -0.2) is 0 Å². The lowest BCUT2D eigenvalue weighted by atomic mass is 10.1. The molecular formula is C15H17N3. The first-order chi connectivity index (χ1) is 8.88. The molecule has 1 aromatic carbocycles. The van der Waals surface area contributed by atoms with Crippen molar-refractivity contribution in [2.75, 3.05) is 11.9 Å². The van der Waals surface area contributed by atoms with Crippen LogP contribution in [0.3, 0.4) is 0 Å². The Bertz CT molecular complexity index is 585. The predicted octanol–water partition coefficient (Wildman–Crippen LogP) is 3.64. The van der Waals surface area contributed by atoms with E-state index in [9.17, 15) is 5.26 Å². The number of nitrogens with zero attached hydrogens (tertiary/aromatic N) is 1. The summed E-state index contributed by atoms with van der Waals surface area (Å²) in [4.78, 5) is 3.31. The highest BCUT2D eigenvalue weighted by Crippen LogP contribution is 2.28. The van der Waals surface area contributed by atoms with Crippen molar-refractivity contribution in [3.05, 3.63) is 29.8 Å². The molecular weight excluding hydrogens is 222 g/mol. The zero-order valence-corrected chi connectivity index (χ0v) is 10.4. The summed E-state index contributed by atoms with van der Waals surface area (Å²) >= 11 is 0. The van der Waals surface area contributed by atoms with Crippen LogP contribution in [-0.2, 0) is 0 Å². The summed E-state index contributed by atoms with van der Waals surface area (Å²) in [5, 5.41) is 13.7. The second-order valence-corrected chi connectivity index (χ2v) is 5.06. The average Bonchev–Trinajstić information content (AvgIpc) is 3.03. The summed E-state index contributed by atoms with van der Waals surface area (Å²) < 4.78 is 0. The minimum atomic E-state index is 0.739. The molecule has 0 bridgehead atoms. The van der Waals surface area contributed by atoms with Crippen LogP contribution in [0.1, 0.15) is 31.2 Å². The number of para-hydroxylation sites is 1. The van der Waals surface area contributed by atoms with E-state index in [2.05, 4.69) is 16.4 Å². The number of nitrogens with one attached hydrogen (secondary N) is 2. The molecule has 0 aliphatic heterocycles. The van der Waals surface area contributed by atoms with Crippen molar-refractivity contribution in [3.8, 4) is 6.07 Å². The van der Waals surface area contributed by atoms with Crippen molar-refractivity contribution in [3.63, 3.8) is 0 Å². The van der Waals surface area contributed by atoms with Crippen molar-refractivity contribution in [1.29, 1.82) is 5.26 Å². The largest absolute Gasteiger partial charge is 0.370 e. The van der Waals surface area contributed by atoms with E-state index in [4.69, 9.17) is 0 Å². The lowest BCUT2D eigenvalue weighted by Crippen LogP contribution is -2.11. The third-order valence-corrected chi connectivity index (χ3v) is 3.86. The highest BCUT2D eigenvalue weighted by Gasteiger charge is 2.16. The number of benzene rings is 1. The maximum atomic E-state index is 9.29. The number of aromatic nitrogens is 1. The number of hydrogen-bond acceptors (Lipinski definition) is 2. The Kier molecular flexibility index (Phi) is 2.93. The molecule has 1 saturated carbocycles. The fraction of sp³-hybridized carbons (Fsp3) is 0.400. The minimum Gasteiger partial charge on any atom is -0.370 e. The fourth-order valence-corrected chi connectivity index (χ4v) is 2.85. The van der Waals surface area contributed by atoms with Crippen LogP contribution in [0.25, 0.3) is 10.9 Å². The first-order valence-electron chi connectivity index (χ1n) is 6.63. The molecule has 92 valence electrons. The van der Waals surface area contributed by atoms with Crippen LogP contribution in [0.5, 0.6) is 0 Å². The lowest BCUT2D eigenvalue weighted by molar-refractivity contribution is 0.579. The van der Waals surface area contributed by atoms with Crippen LogP contribution >= 0.6 is 0 Å². The summed E-state index contributed by atoms with van der Waals surface area (Å²) in [6.45, 7) is 0.974. The van der Waals surface area contributed by atoms with Gasteiger partial charge in [-0.2, -0.15) is 5.26 Å². The van der Waals surface area contributed by atoms with Gasteiger partial charge < -0.3 is 10.3 Å². The normalized spacial score (nSPS) is 15.9. The third kappa shape index (κ3) is 1.95. The summed E-state index contributed by atoms with van der Waals surface area (Å²) in [5.41, 5.74) is 1.77. The third-order valence-electron chi connectivity index (χ3n) is 3.86. The molecule has 0 amide bonds. The zero-order valence-electron chi connectivity index (χ0n) is 10.4. The standard InChI is InChI=1S/C15H17N3/c16-9-13-12-7-3-4-8-14(12)18-15(13)17-10-11-5-1-2-6-11/h3-4,7-8,11,17-18H,1-2,5-6,10H2. The van der Waals surface area contributed by atoms with E-state index in [1.807, 2.05) is 24.3 Å². The van der Waals surface area contributed by atoms with Gasteiger partial charge in [-0.15, -0.1) is 0 Å². The van der Waals surface area contributed by atoms with Crippen LogP contribution in [0.15, 0.2) is 24.3 Å². The molecule has 2 N–H and O–H groups in total.